The van der Waals surface area contributed by atoms with Crippen molar-refractivity contribution in [1.29, 1.82) is 0 Å². The molecule has 110 valence electrons. The van der Waals surface area contributed by atoms with Crippen LogP contribution in [-0.2, 0) is 9.53 Å². The number of rotatable bonds is 3. The standard InChI is InChI=1S/C18H15NO3/c1-2-22-18(21)15-10-6-7-11-16(15)19-17(20)13-12-14-8-4-3-5-9-14/h3-11H,2H2,1H3,(H,19,20). The minimum atomic E-state index is -0.486. The summed E-state index contributed by atoms with van der Waals surface area (Å²) in [4.78, 5) is 23.7. The summed E-state index contributed by atoms with van der Waals surface area (Å²) in [7, 11) is 0. The second-order valence-corrected chi connectivity index (χ2v) is 4.34. The lowest BCUT2D eigenvalue weighted by Gasteiger charge is -2.08. The number of nitrogens with one attached hydrogen (secondary N) is 1. The lowest BCUT2D eigenvalue weighted by atomic mass is 10.2. The molecule has 0 bridgehead atoms. The number of amides is 1. The first kappa shape index (κ1) is 15.3. The highest BCUT2D eigenvalue weighted by Gasteiger charge is 2.12. The molecular formula is C18H15NO3. The molecule has 2 aromatic carbocycles. The van der Waals surface area contributed by atoms with E-state index in [0.717, 1.165) is 5.56 Å². The van der Waals surface area contributed by atoms with E-state index in [-0.39, 0.29) is 6.61 Å². The zero-order valence-electron chi connectivity index (χ0n) is 12.1. The van der Waals surface area contributed by atoms with Gasteiger partial charge in [-0.15, -0.1) is 0 Å². The number of ether oxygens (including phenoxy) is 1. The number of benzene rings is 2. The van der Waals surface area contributed by atoms with Gasteiger partial charge in [0.1, 0.15) is 0 Å². The van der Waals surface area contributed by atoms with Gasteiger partial charge in [0.25, 0.3) is 0 Å². The van der Waals surface area contributed by atoms with Gasteiger partial charge < -0.3 is 10.1 Å². The molecule has 0 unspecified atom stereocenters. The van der Waals surface area contributed by atoms with Crippen LogP contribution >= 0.6 is 0 Å². The maximum Gasteiger partial charge on any atom is 0.340 e. The van der Waals surface area contributed by atoms with Gasteiger partial charge in [-0.05, 0) is 31.2 Å². The first-order chi connectivity index (χ1) is 10.7. The zero-order valence-corrected chi connectivity index (χ0v) is 12.1. The number of anilines is 1. The van der Waals surface area contributed by atoms with Crippen molar-refractivity contribution >= 4 is 17.6 Å². The predicted molar refractivity (Wildman–Crippen MR) is 84.3 cm³/mol. The van der Waals surface area contributed by atoms with Crippen LogP contribution in [0, 0.1) is 11.8 Å². The molecule has 0 heterocycles. The topological polar surface area (TPSA) is 55.4 Å². The van der Waals surface area contributed by atoms with E-state index in [9.17, 15) is 9.59 Å². The van der Waals surface area contributed by atoms with Gasteiger partial charge in [-0.1, -0.05) is 36.3 Å². The summed E-state index contributed by atoms with van der Waals surface area (Å²) in [6.07, 6.45) is 0. The molecule has 2 rings (SSSR count). The van der Waals surface area contributed by atoms with Gasteiger partial charge >= 0.3 is 11.9 Å². The van der Waals surface area contributed by atoms with Crippen molar-refractivity contribution < 1.29 is 14.3 Å². The summed E-state index contributed by atoms with van der Waals surface area (Å²) in [6.45, 7) is 2.00. The van der Waals surface area contributed by atoms with Crippen LogP contribution in [-0.4, -0.2) is 18.5 Å². The molecule has 4 nitrogen and oxygen atoms in total. The molecule has 1 N–H and O–H groups in total. The second-order valence-electron chi connectivity index (χ2n) is 4.34. The van der Waals surface area contributed by atoms with E-state index in [1.54, 1.807) is 31.2 Å². The van der Waals surface area contributed by atoms with Crippen molar-refractivity contribution in [2.45, 2.75) is 6.92 Å². The van der Waals surface area contributed by atoms with Crippen molar-refractivity contribution in [2.24, 2.45) is 0 Å². The van der Waals surface area contributed by atoms with Crippen LogP contribution in [0.15, 0.2) is 54.6 Å². The number of esters is 1. The fourth-order valence-electron chi connectivity index (χ4n) is 1.78. The third kappa shape index (κ3) is 4.22. The van der Waals surface area contributed by atoms with Gasteiger partial charge in [0.05, 0.1) is 17.9 Å². The molecule has 22 heavy (non-hydrogen) atoms. The Morgan fingerprint density at radius 1 is 1.05 bits per heavy atom. The molecule has 0 saturated heterocycles. The zero-order chi connectivity index (χ0) is 15.8. The van der Waals surface area contributed by atoms with Gasteiger partial charge in [-0.2, -0.15) is 0 Å². The van der Waals surface area contributed by atoms with E-state index in [2.05, 4.69) is 17.2 Å². The summed E-state index contributed by atoms with van der Waals surface area (Å²) in [6, 6.07) is 15.9. The molecule has 0 aliphatic rings. The first-order valence-corrected chi connectivity index (χ1v) is 6.85. The minimum Gasteiger partial charge on any atom is -0.462 e. The van der Waals surface area contributed by atoms with Gasteiger partial charge in [0.2, 0.25) is 0 Å². The molecule has 0 atom stereocenters. The highest BCUT2D eigenvalue weighted by molar-refractivity contribution is 6.08. The molecule has 2 aromatic rings. The van der Waals surface area contributed by atoms with Crippen LogP contribution < -0.4 is 5.32 Å². The third-order valence-electron chi connectivity index (χ3n) is 2.76. The van der Waals surface area contributed by atoms with Crippen molar-refractivity contribution in [3.8, 4) is 11.8 Å². The fraction of sp³-hybridized carbons (Fsp3) is 0.111. The summed E-state index contributed by atoms with van der Waals surface area (Å²) in [5, 5.41) is 2.61. The van der Waals surface area contributed by atoms with Gasteiger partial charge in [0, 0.05) is 11.5 Å². The first-order valence-electron chi connectivity index (χ1n) is 6.85. The Hall–Kier alpha value is -3.06. The lowest BCUT2D eigenvalue weighted by molar-refractivity contribution is -0.111. The van der Waals surface area contributed by atoms with E-state index >= 15 is 0 Å². The average Bonchev–Trinajstić information content (AvgIpc) is 2.54. The van der Waals surface area contributed by atoms with Crippen molar-refractivity contribution in [1.82, 2.24) is 0 Å². The van der Waals surface area contributed by atoms with Crippen LogP contribution in [0.1, 0.15) is 22.8 Å². The molecular weight excluding hydrogens is 278 g/mol. The number of hydrogen-bond donors (Lipinski definition) is 1. The van der Waals surface area contributed by atoms with E-state index in [1.807, 2.05) is 30.3 Å². The molecule has 0 aliphatic carbocycles. The van der Waals surface area contributed by atoms with Crippen LogP contribution in [0.4, 0.5) is 5.69 Å². The highest BCUT2D eigenvalue weighted by Crippen LogP contribution is 2.16. The molecule has 0 spiro atoms. The molecule has 0 fully saturated rings. The van der Waals surface area contributed by atoms with Gasteiger partial charge in [0.15, 0.2) is 0 Å². The SMILES string of the molecule is CCOC(=O)c1ccccc1NC(=O)C#Cc1ccccc1. The monoisotopic (exact) mass is 293 g/mol. The third-order valence-corrected chi connectivity index (χ3v) is 2.76. The van der Waals surface area contributed by atoms with E-state index < -0.39 is 11.9 Å². The Morgan fingerprint density at radius 2 is 1.73 bits per heavy atom. The van der Waals surface area contributed by atoms with E-state index in [0.29, 0.717) is 11.3 Å². The van der Waals surface area contributed by atoms with Crippen LogP contribution in [0.3, 0.4) is 0 Å². The number of carbonyl (C=O) groups excluding carboxylic acids is 2. The average molecular weight is 293 g/mol. The van der Waals surface area contributed by atoms with Gasteiger partial charge in [-0.3, -0.25) is 4.79 Å². The summed E-state index contributed by atoms with van der Waals surface area (Å²) >= 11 is 0. The Morgan fingerprint density at radius 3 is 2.45 bits per heavy atom. The molecule has 0 radical (unpaired) electrons. The summed E-state index contributed by atoms with van der Waals surface area (Å²) in [5.41, 5.74) is 1.43. The smallest absolute Gasteiger partial charge is 0.340 e. The Kier molecular flexibility index (Phi) is 5.33. The number of carbonyl (C=O) groups is 2. The Bertz CT molecular complexity index is 727. The van der Waals surface area contributed by atoms with Crippen molar-refractivity contribution in [3.63, 3.8) is 0 Å². The van der Waals surface area contributed by atoms with Crippen molar-refractivity contribution in [2.75, 3.05) is 11.9 Å². The maximum atomic E-state index is 11.9. The molecule has 0 aromatic heterocycles. The number of para-hydroxylation sites is 1. The molecule has 4 heteroatoms. The van der Waals surface area contributed by atoms with E-state index in [4.69, 9.17) is 4.74 Å². The largest absolute Gasteiger partial charge is 0.462 e. The Balaban J connectivity index is 2.13. The lowest BCUT2D eigenvalue weighted by Crippen LogP contribution is -2.14. The fourth-order valence-corrected chi connectivity index (χ4v) is 1.78. The van der Waals surface area contributed by atoms with Gasteiger partial charge in [-0.25, -0.2) is 4.79 Å². The van der Waals surface area contributed by atoms with Crippen LogP contribution in [0.2, 0.25) is 0 Å². The Labute approximate surface area is 129 Å². The summed E-state index contributed by atoms with van der Waals surface area (Å²) in [5.74, 6) is 4.29. The predicted octanol–water partition coefficient (Wildman–Crippen LogP) is 2.85. The van der Waals surface area contributed by atoms with Crippen LogP contribution in [0.25, 0.3) is 0 Å². The molecule has 0 saturated carbocycles. The summed E-state index contributed by atoms with van der Waals surface area (Å²) < 4.78 is 4.95. The molecule has 1 amide bonds. The maximum absolute atomic E-state index is 11.9. The van der Waals surface area contributed by atoms with Crippen LogP contribution in [0.5, 0.6) is 0 Å². The van der Waals surface area contributed by atoms with E-state index in [1.165, 1.54) is 0 Å². The minimum absolute atomic E-state index is 0.273. The highest BCUT2D eigenvalue weighted by atomic mass is 16.5. The van der Waals surface area contributed by atoms with Crippen molar-refractivity contribution in [3.05, 3.63) is 65.7 Å². The normalized spacial score (nSPS) is 9.32. The number of hydrogen-bond acceptors (Lipinski definition) is 3. The quantitative estimate of drug-likeness (QED) is 0.699. The second kappa shape index (κ2) is 7.65. The molecule has 0 aliphatic heterocycles.